The zero-order valence-electron chi connectivity index (χ0n) is 16.3. The Morgan fingerprint density at radius 1 is 1.26 bits per heavy atom. The molecule has 2 heterocycles. The molecule has 3 rings (SSSR count). The highest BCUT2D eigenvalue weighted by molar-refractivity contribution is 7.59. The third kappa shape index (κ3) is 5.32. The number of nitriles is 1. The predicted octanol–water partition coefficient (Wildman–Crippen LogP) is 3.17. The molecule has 162 valence electrons. The molecule has 0 aliphatic heterocycles. The summed E-state index contributed by atoms with van der Waals surface area (Å²) in [6.07, 6.45) is -2.01. The Kier molecular flexibility index (Phi) is 7.24. The maximum atomic E-state index is 13.1. The number of rotatable bonds is 5. The maximum Gasteiger partial charge on any atom is 0.416 e. The fourth-order valence-electron chi connectivity index (χ4n) is 2.66. The lowest BCUT2D eigenvalue weighted by molar-refractivity contribution is -0.137. The van der Waals surface area contributed by atoms with Gasteiger partial charge in [0.25, 0.3) is 5.91 Å². The van der Waals surface area contributed by atoms with Gasteiger partial charge in [0.15, 0.2) is 11.6 Å². The average Bonchev–Trinajstić information content (AvgIpc) is 3.22. The van der Waals surface area contributed by atoms with Crippen LogP contribution in [0.15, 0.2) is 42.9 Å². The minimum absolute atomic E-state index is 0. The Hall–Kier alpha value is -3.59. The summed E-state index contributed by atoms with van der Waals surface area (Å²) in [7, 11) is 1.22. The van der Waals surface area contributed by atoms with Gasteiger partial charge in [0, 0.05) is 11.8 Å². The fraction of sp³-hybridized carbons (Fsp3) is 0.211. The molecule has 0 bridgehead atoms. The van der Waals surface area contributed by atoms with Gasteiger partial charge in [0.1, 0.15) is 18.1 Å². The summed E-state index contributed by atoms with van der Waals surface area (Å²) in [6.45, 7) is 1.60. The second kappa shape index (κ2) is 9.48. The van der Waals surface area contributed by atoms with E-state index >= 15 is 0 Å². The summed E-state index contributed by atoms with van der Waals surface area (Å²) in [6, 6.07) is 7.12. The van der Waals surface area contributed by atoms with Gasteiger partial charge in [-0.2, -0.15) is 41.7 Å². The van der Waals surface area contributed by atoms with Crippen molar-refractivity contribution in [2.24, 2.45) is 0 Å². The molecular formula is C19H17F3N6O2S. The van der Waals surface area contributed by atoms with Gasteiger partial charge in [0.05, 0.1) is 24.3 Å². The molecule has 8 nitrogen and oxygen atoms in total. The van der Waals surface area contributed by atoms with Crippen molar-refractivity contribution in [2.45, 2.75) is 19.1 Å². The van der Waals surface area contributed by atoms with Crippen LogP contribution in [-0.4, -0.2) is 32.8 Å². The minimum Gasteiger partial charge on any atom is -0.497 e. The van der Waals surface area contributed by atoms with Crippen LogP contribution < -0.4 is 10.1 Å². The van der Waals surface area contributed by atoms with E-state index in [0.29, 0.717) is 17.2 Å². The third-order valence-electron chi connectivity index (χ3n) is 4.13. The van der Waals surface area contributed by atoms with Crippen molar-refractivity contribution in [3.05, 3.63) is 65.4 Å². The number of aromatic nitrogens is 4. The first-order chi connectivity index (χ1) is 14.2. The number of hydrogen-bond donors (Lipinski definition) is 1. The van der Waals surface area contributed by atoms with Gasteiger partial charge in [-0.25, -0.2) is 9.97 Å². The molecule has 0 spiro atoms. The molecule has 1 atom stereocenters. The Labute approximate surface area is 182 Å². The summed E-state index contributed by atoms with van der Waals surface area (Å²) in [4.78, 5) is 20.8. The quantitative estimate of drug-likeness (QED) is 0.640. The summed E-state index contributed by atoms with van der Waals surface area (Å²) in [5, 5.41) is 15.5. The fourth-order valence-corrected chi connectivity index (χ4v) is 2.66. The van der Waals surface area contributed by atoms with Crippen molar-refractivity contribution in [1.29, 1.82) is 5.26 Å². The van der Waals surface area contributed by atoms with E-state index in [1.165, 1.54) is 30.4 Å². The normalized spacial score (nSPS) is 11.7. The number of hydrogen-bond acceptors (Lipinski definition) is 6. The van der Waals surface area contributed by atoms with Gasteiger partial charge in [-0.15, -0.1) is 0 Å². The Morgan fingerprint density at radius 3 is 2.58 bits per heavy atom. The second-order valence-electron chi connectivity index (χ2n) is 6.19. The highest BCUT2D eigenvalue weighted by atomic mass is 32.1. The number of carbonyl (C=O) groups is 1. The van der Waals surface area contributed by atoms with Gasteiger partial charge in [0.2, 0.25) is 0 Å². The molecule has 0 saturated carbocycles. The van der Waals surface area contributed by atoms with Crippen LogP contribution in [0.5, 0.6) is 5.75 Å². The molecule has 1 amide bonds. The number of pyridine rings is 1. The topological polar surface area (TPSA) is 106 Å². The van der Waals surface area contributed by atoms with E-state index < -0.39 is 23.7 Å². The van der Waals surface area contributed by atoms with Crippen molar-refractivity contribution in [3.8, 4) is 17.6 Å². The van der Waals surface area contributed by atoms with Crippen molar-refractivity contribution < 1.29 is 22.7 Å². The van der Waals surface area contributed by atoms with Crippen molar-refractivity contribution >= 4 is 19.4 Å². The van der Waals surface area contributed by atoms with E-state index in [0.717, 1.165) is 12.1 Å². The molecule has 0 aliphatic carbocycles. The molecule has 0 aliphatic rings. The summed E-state index contributed by atoms with van der Waals surface area (Å²) in [5.41, 5.74) is -0.846. The number of alkyl halides is 3. The standard InChI is InChI=1S/C19H15F3N6O2.H2S/c1-11(17-25-10-26-28(17)16-4-3-12(8-23)9-24-16)27-18(29)13-5-14(19(20,21)22)7-15(6-13)30-2;/h3-7,9-11H,1-2H3,(H,27,29);1H2/t11-;/m0./s1. The van der Waals surface area contributed by atoms with E-state index in [4.69, 9.17) is 10.00 Å². The maximum absolute atomic E-state index is 13.1. The Balaban J connectivity index is 0.00000341. The zero-order valence-corrected chi connectivity index (χ0v) is 17.3. The van der Waals surface area contributed by atoms with Crippen molar-refractivity contribution in [2.75, 3.05) is 7.11 Å². The summed E-state index contributed by atoms with van der Waals surface area (Å²) < 4.78 is 45.5. The first kappa shape index (κ1) is 23.7. The van der Waals surface area contributed by atoms with E-state index in [2.05, 4.69) is 20.4 Å². The molecule has 0 saturated heterocycles. The van der Waals surface area contributed by atoms with Gasteiger partial charge >= 0.3 is 6.18 Å². The highest BCUT2D eigenvalue weighted by Crippen LogP contribution is 2.32. The average molecular weight is 450 g/mol. The molecular weight excluding hydrogens is 433 g/mol. The van der Waals surface area contributed by atoms with E-state index in [-0.39, 0.29) is 24.8 Å². The van der Waals surface area contributed by atoms with Crippen LogP contribution >= 0.6 is 13.5 Å². The molecule has 1 N–H and O–H groups in total. The first-order valence-electron chi connectivity index (χ1n) is 8.56. The number of benzene rings is 1. The van der Waals surface area contributed by atoms with E-state index in [1.54, 1.807) is 19.1 Å². The number of methoxy groups -OCH3 is 1. The second-order valence-corrected chi connectivity index (χ2v) is 6.19. The molecule has 0 radical (unpaired) electrons. The molecule has 0 fully saturated rings. The van der Waals surface area contributed by atoms with Crippen LogP contribution in [0.2, 0.25) is 0 Å². The number of nitrogens with one attached hydrogen (secondary N) is 1. The Bertz CT molecular complexity index is 1110. The van der Waals surface area contributed by atoms with Crippen molar-refractivity contribution in [3.63, 3.8) is 0 Å². The molecule has 3 aromatic rings. The van der Waals surface area contributed by atoms with Crippen LogP contribution in [0.3, 0.4) is 0 Å². The molecule has 2 aromatic heterocycles. The number of nitrogens with zero attached hydrogens (tertiary/aromatic N) is 5. The van der Waals surface area contributed by atoms with Crippen LogP contribution in [0, 0.1) is 11.3 Å². The van der Waals surface area contributed by atoms with Gasteiger partial charge in [-0.05, 0) is 37.3 Å². The molecule has 1 aromatic carbocycles. The smallest absolute Gasteiger partial charge is 0.416 e. The lowest BCUT2D eigenvalue weighted by Crippen LogP contribution is -2.29. The van der Waals surface area contributed by atoms with Crippen LogP contribution in [0.4, 0.5) is 13.2 Å². The highest BCUT2D eigenvalue weighted by Gasteiger charge is 2.32. The predicted molar refractivity (Wildman–Crippen MR) is 108 cm³/mol. The van der Waals surface area contributed by atoms with E-state index in [1.807, 2.05) is 6.07 Å². The zero-order chi connectivity index (χ0) is 21.9. The first-order valence-corrected chi connectivity index (χ1v) is 8.56. The monoisotopic (exact) mass is 450 g/mol. The van der Waals surface area contributed by atoms with E-state index in [9.17, 15) is 18.0 Å². The lowest BCUT2D eigenvalue weighted by Gasteiger charge is -2.16. The molecule has 12 heteroatoms. The van der Waals surface area contributed by atoms with Gasteiger partial charge in [-0.3, -0.25) is 4.79 Å². The number of amides is 1. The largest absolute Gasteiger partial charge is 0.497 e. The SMILES string of the molecule is COc1cc(C(=O)N[C@@H](C)c2ncnn2-c2ccc(C#N)cn2)cc(C(F)(F)F)c1.S. The number of carbonyl (C=O) groups excluding carboxylic acids is 1. The van der Waals surface area contributed by atoms with Crippen LogP contribution in [0.25, 0.3) is 5.82 Å². The van der Waals surface area contributed by atoms with Crippen LogP contribution in [0.1, 0.15) is 40.3 Å². The molecule has 31 heavy (non-hydrogen) atoms. The summed E-state index contributed by atoms with van der Waals surface area (Å²) >= 11 is 0. The Morgan fingerprint density at radius 2 is 2.00 bits per heavy atom. The van der Waals surface area contributed by atoms with Gasteiger partial charge < -0.3 is 10.1 Å². The van der Waals surface area contributed by atoms with Crippen LogP contribution in [-0.2, 0) is 6.18 Å². The van der Waals surface area contributed by atoms with Crippen molar-refractivity contribution in [1.82, 2.24) is 25.1 Å². The lowest BCUT2D eigenvalue weighted by atomic mass is 10.1. The third-order valence-corrected chi connectivity index (χ3v) is 4.13. The summed E-state index contributed by atoms with van der Waals surface area (Å²) in [5.74, 6) is -0.162. The minimum atomic E-state index is -4.63. The number of ether oxygens (including phenoxy) is 1. The number of halogens is 3. The van der Waals surface area contributed by atoms with Gasteiger partial charge in [-0.1, -0.05) is 0 Å². The molecule has 0 unspecified atom stereocenters.